The van der Waals surface area contributed by atoms with Crippen LogP contribution in [-0.4, -0.2) is 40.9 Å². The van der Waals surface area contributed by atoms with E-state index in [9.17, 15) is 19.7 Å². The van der Waals surface area contributed by atoms with Crippen molar-refractivity contribution in [2.24, 2.45) is 5.92 Å². The lowest BCUT2D eigenvalue weighted by Crippen LogP contribution is -2.34. The molecule has 0 saturated carbocycles. The van der Waals surface area contributed by atoms with E-state index in [1.165, 1.54) is 17.7 Å². The molecule has 0 radical (unpaired) electrons. The van der Waals surface area contributed by atoms with Gasteiger partial charge in [0.2, 0.25) is 5.78 Å². The van der Waals surface area contributed by atoms with Gasteiger partial charge in [0, 0.05) is 41.8 Å². The standard InChI is InChI=1S/C29H33N3O5/c1-18-7-6-12-30(16-18)26-11-9-23(15-27(26)32(35)36)29(34)37-17-28(33)25-14-21(4)31(22(25)5)24-10-8-19(2)20(3)13-24/h8-11,13-15,18H,6-7,12,16-17H2,1-5H3/t18-/m0/s1. The van der Waals surface area contributed by atoms with Gasteiger partial charge in [-0.25, -0.2) is 4.79 Å². The fourth-order valence-corrected chi connectivity index (χ4v) is 5.07. The van der Waals surface area contributed by atoms with Crippen molar-refractivity contribution in [1.82, 2.24) is 4.57 Å². The normalized spacial score (nSPS) is 15.5. The van der Waals surface area contributed by atoms with Crippen molar-refractivity contribution in [3.63, 3.8) is 0 Å². The molecular formula is C29H33N3O5. The number of carbonyl (C=O) groups excluding carboxylic acids is 2. The number of nitro groups is 1. The van der Waals surface area contributed by atoms with Gasteiger partial charge < -0.3 is 14.2 Å². The average Bonchev–Trinajstić information content (AvgIpc) is 3.17. The van der Waals surface area contributed by atoms with Gasteiger partial charge in [-0.1, -0.05) is 13.0 Å². The van der Waals surface area contributed by atoms with Crippen LogP contribution in [0.1, 0.15) is 63.0 Å². The second kappa shape index (κ2) is 10.6. The number of rotatable bonds is 7. The molecule has 1 atom stereocenters. The Labute approximate surface area is 217 Å². The summed E-state index contributed by atoms with van der Waals surface area (Å²) < 4.78 is 7.30. The number of hydrogen-bond donors (Lipinski definition) is 0. The van der Waals surface area contributed by atoms with E-state index < -0.39 is 17.5 Å². The van der Waals surface area contributed by atoms with Gasteiger partial charge in [0.1, 0.15) is 5.69 Å². The van der Waals surface area contributed by atoms with Crippen LogP contribution in [-0.2, 0) is 4.74 Å². The van der Waals surface area contributed by atoms with E-state index in [1.807, 2.05) is 49.3 Å². The molecule has 3 aromatic rings. The molecule has 0 spiro atoms. The third-order valence-corrected chi connectivity index (χ3v) is 7.22. The molecule has 2 aromatic carbocycles. The summed E-state index contributed by atoms with van der Waals surface area (Å²) in [6, 6.07) is 12.3. The van der Waals surface area contributed by atoms with E-state index in [0.717, 1.165) is 48.6 Å². The molecule has 37 heavy (non-hydrogen) atoms. The maximum atomic E-state index is 13.0. The van der Waals surface area contributed by atoms with Crippen LogP contribution < -0.4 is 4.90 Å². The van der Waals surface area contributed by atoms with Gasteiger partial charge in [0.25, 0.3) is 5.69 Å². The van der Waals surface area contributed by atoms with Crippen molar-refractivity contribution in [3.05, 3.63) is 86.2 Å². The number of nitro benzene ring substituents is 1. The van der Waals surface area contributed by atoms with Gasteiger partial charge >= 0.3 is 5.97 Å². The average molecular weight is 504 g/mol. The maximum Gasteiger partial charge on any atom is 0.338 e. The summed E-state index contributed by atoms with van der Waals surface area (Å²) in [5.74, 6) is -0.649. The highest BCUT2D eigenvalue weighted by Gasteiger charge is 2.26. The van der Waals surface area contributed by atoms with Crippen LogP contribution in [0.15, 0.2) is 42.5 Å². The van der Waals surface area contributed by atoms with Crippen LogP contribution in [0.4, 0.5) is 11.4 Å². The maximum absolute atomic E-state index is 13.0. The lowest BCUT2D eigenvalue weighted by molar-refractivity contribution is -0.384. The highest BCUT2D eigenvalue weighted by molar-refractivity contribution is 6.00. The predicted molar refractivity (Wildman–Crippen MR) is 143 cm³/mol. The lowest BCUT2D eigenvalue weighted by Gasteiger charge is -2.32. The molecule has 1 fully saturated rings. The zero-order chi connectivity index (χ0) is 26.9. The van der Waals surface area contributed by atoms with Gasteiger partial charge in [-0.05, 0) is 87.9 Å². The number of hydrogen-bond acceptors (Lipinski definition) is 6. The molecule has 8 heteroatoms. The number of aryl methyl sites for hydroxylation is 3. The van der Waals surface area contributed by atoms with Crippen LogP contribution in [0.3, 0.4) is 0 Å². The van der Waals surface area contributed by atoms with E-state index >= 15 is 0 Å². The number of esters is 1. The number of anilines is 1. The highest BCUT2D eigenvalue weighted by Crippen LogP contribution is 2.32. The molecule has 1 saturated heterocycles. The molecule has 2 heterocycles. The number of benzene rings is 2. The first-order chi connectivity index (χ1) is 17.6. The van der Waals surface area contributed by atoms with E-state index in [-0.39, 0.29) is 17.0 Å². The Hall–Kier alpha value is -3.94. The van der Waals surface area contributed by atoms with Crippen LogP contribution in [0.25, 0.3) is 5.69 Å². The van der Waals surface area contributed by atoms with E-state index in [0.29, 0.717) is 17.2 Å². The van der Waals surface area contributed by atoms with Crippen molar-refractivity contribution in [3.8, 4) is 5.69 Å². The number of nitrogens with zero attached hydrogens (tertiary/aromatic N) is 3. The van der Waals surface area contributed by atoms with Crippen LogP contribution in [0.5, 0.6) is 0 Å². The first kappa shape index (κ1) is 26.1. The quantitative estimate of drug-likeness (QED) is 0.173. The fraction of sp³-hybridized carbons (Fsp3) is 0.379. The van der Waals surface area contributed by atoms with E-state index in [4.69, 9.17) is 4.74 Å². The summed E-state index contributed by atoms with van der Waals surface area (Å²) in [4.78, 5) is 39.0. The number of ketones is 1. The monoisotopic (exact) mass is 503 g/mol. The summed E-state index contributed by atoms with van der Waals surface area (Å²) in [5, 5.41) is 11.8. The number of aromatic nitrogens is 1. The molecule has 0 N–H and O–H groups in total. The Morgan fingerprint density at radius 1 is 1.05 bits per heavy atom. The van der Waals surface area contributed by atoms with E-state index in [1.54, 1.807) is 12.1 Å². The summed E-state index contributed by atoms with van der Waals surface area (Å²) >= 11 is 0. The molecule has 0 unspecified atom stereocenters. The molecule has 194 valence electrons. The predicted octanol–water partition coefficient (Wildman–Crippen LogP) is 5.90. The van der Waals surface area contributed by atoms with Gasteiger partial charge in [0.15, 0.2) is 6.61 Å². The van der Waals surface area contributed by atoms with Crippen LogP contribution >= 0.6 is 0 Å². The van der Waals surface area contributed by atoms with E-state index in [2.05, 4.69) is 13.0 Å². The van der Waals surface area contributed by atoms with Crippen molar-refractivity contribution in [1.29, 1.82) is 0 Å². The molecule has 0 amide bonds. The fourth-order valence-electron chi connectivity index (χ4n) is 5.07. The Bertz CT molecular complexity index is 1370. The molecule has 4 rings (SSSR count). The third kappa shape index (κ3) is 5.43. The smallest absolute Gasteiger partial charge is 0.338 e. The molecule has 1 aliphatic heterocycles. The Morgan fingerprint density at radius 2 is 1.81 bits per heavy atom. The van der Waals surface area contributed by atoms with Gasteiger partial charge in [-0.3, -0.25) is 14.9 Å². The number of carbonyl (C=O) groups is 2. The first-order valence-corrected chi connectivity index (χ1v) is 12.6. The second-order valence-electron chi connectivity index (χ2n) is 10.0. The minimum Gasteiger partial charge on any atom is -0.454 e. The summed E-state index contributed by atoms with van der Waals surface area (Å²) in [6.45, 7) is 11.0. The topological polar surface area (TPSA) is 94.7 Å². The Kier molecular flexibility index (Phi) is 7.47. The zero-order valence-corrected chi connectivity index (χ0v) is 22.0. The summed E-state index contributed by atoms with van der Waals surface area (Å²) in [6.07, 6.45) is 2.06. The largest absolute Gasteiger partial charge is 0.454 e. The van der Waals surface area contributed by atoms with Crippen LogP contribution in [0.2, 0.25) is 0 Å². The van der Waals surface area contributed by atoms with Gasteiger partial charge in [-0.15, -0.1) is 0 Å². The number of ether oxygens (including phenoxy) is 1. The third-order valence-electron chi connectivity index (χ3n) is 7.22. The van der Waals surface area contributed by atoms with Crippen molar-refractivity contribution < 1.29 is 19.2 Å². The number of piperidine rings is 1. The first-order valence-electron chi connectivity index (χ1n) is 12.6. The molecule has 0 bridgehead atoms. The second-order valence-corrected chi connectivity index (χ2v) is 10.0. The van der Waals surface area contributed by atoms with Gasteiger partial charge in [0.05, 0.1) is 10.5 Å². The summed E-state index contributed by atoms with van der Waals surface area (Å²) in [5.41, 5.74) is 5.86. The SMILES string of the molecule is Cc1ccc(-n2c(C)cc(C(=O)COC(=O)c3ccc(N4CCC[C@H](C)C4)c([N+](=O)[O-])c3)c2C)cc1C. The molecular weight excluding hydrogens is 470 g/mol. The minimum absolute atomic E-state index is 0.0499. The van der Waals surface area contributed by atoms with Crippen molar-refractivity contribution in [2.45, 2.75) is 47.5 Å². The van der Waals surface area contributed by atoms with Crippen molar-refractivity contribution >= 4 is 23.1 Å². The Balaban J connectivity index is 1.49. The number of Topliss-reactive ketones (excluding diaryl/α,β-unsaturated/α-hetero) is 1. The molecule has 8 nitrogen and oxygen atoms in total. The summed E-state index contributed by atoms with van der Waals surface area (Å²) in [7, 11) is 0. The minimum atomic E-state index is -0.766. The van der Waals surface area contributed by atoms with Crippen molar-refractivity contribution in [2.75, 3.05) is 24.6 Å². The zero-order valence-electron chi connectivity index (χ0n) is 22.0. The van der Waals surface area contributed by atoms with Gasteiger partial charge in [-0.2, -0.15) is 0 Å². The molecule has 1 aromatic heterocycles. The molecule has 0 aliphatic carbocycles. The Morgan fingerprint density at radius 3 is 2.49 bits per heavy atom. The lowest BCUT2D eigenvalue weighted by atomic mass is 9.99. The highest BCUT2D eigenvalue weighted by atomic mass is 16.6. The van der Waals surface area contributed by atoms with Crippen LogP contribution in [0, 0.1) is 43.7 Å². The molecule has 1 aliphatic rings.